The number of aryl methyl sites for hydroxylation is 1. The number of nitrogens with zero attached hydrogens (tertiary/aromatic N) is 2. The van der Waals surface area contributed by atoms with E-state index >= 15 is 0 Å². The van der Waals surface area contributed by atoms with Gasteiger partial charge >= 0.3 is 36.7 Å². The van der Waals surface area contributed by atoms with Crippen molar-refractivity contribution in [3.8, 4) is 0 Å². The van der Waals surface area contributed by atoms with Gasteiger partial charge in [0.25, 0.3) is 0 Å². The van der Waals surface area contributed by atoms with Gasteiger partial charge in [-0.3, -0.25) is 4.98 Å². The van der Waals surface area contributed by atoms with E-state index in [1.807, 2.05) is 6.92 Å². The van der Waals surface area contributed by atoms with Crippen LogP contribution in [0.4, 0.5) is 0 Å². The molecule has 1 heterocycles. The monoisotopic (exact) mass is 534 g/mol. The molecule has 0 amide bonds. The maximum absolute atomic E-state index is 6.12. The first kappa shape index (κ1) is 25.3. The number of fused-ring (bicyclic) bond motifs is 1. The molecule has 22 heavy (non-hydrogen) atoms. The fraction of sp³-hybridized carbons (Fsp3) is 0.273. The SMILES string of the molecule is Cc1cnc2ccc(Cl)c(CC(Cl)(Cl)Cl)c2n1.O.O.[Cl][Sn][Cl]. The van der Waals surface area contributed by atoms with Crippen LogP contribution in [-0.2, 0) is 6.42 Å². The Balaban J connectivity index is 0. The minimum atomic E-state index is -1.40. The van der Waals surface area contributed by atoms with Gasteiger partial charge in [-0.05, 0) is 19.1 Å². The summed E-state index contributed by atoms with van der Waals surface area (Å²) in [5, 5.41) is 0.531. The molecule has 4 nitrogen and oxygen atoms in total. The third-order valence-corrected chi connectivity index (χ3v) is 3.02. The Morgan fingerprint density at radius 1 is 1.14 bits per heavy atom. The van der Waals surface area contributed by atoms with E-state index in [1.165, 1.54) is 0 Å². The molecule has 0 aliphatic carbocycles. The summed E-state index contributed by atoms with van der Waals surface area (Å²) in [5.41, 5.74) is 2.93. The molecule has 0 saturated heterocycles. The van der Waals surface area contributed by atoms with E-state index in [-0.39, 0.29) is 17.4 Å². The molecule has 2 rings (SSSR count). The molecule has 0 spiro atoms. The number of aromatic nitrogens is 2. The van der Waals surface area contributed by atoms with Crippen LogP contribution in [0.5, 0.6) is 0 Å². The van der Waals surface area contributed by atoms with Gasteiger partial charge in [0.2, 0.25) is 0 Å². The normalized spacial score (nSPS) is 10.1. The average molecular weight is 536 g/mol. The topological polar surface area (TPSA) is 88.8 Å². The summed E-state index contributed by atoms with van der Waals surface area (Å²) in [6, 6.07) is 3.53. The Kier molecular flexibility index (Phi) is 13.3. The van der Waals surface area contributed by atoms with E-state index in [1.54, 1.807) is 18.3 Å². The van der Waals surface area contributed by atoms with E-state index in [0.717, 1.165) is 11.2 Å². The van der Waals surface area contributed by atoms with Crippen LogP contribution < -0.4 is 0 Å². The maximum atomic E-state index is 6.12. The zero-order valence-corrected chi connectivity index (χ0v) is 18.5. The summed E-state index contributed by atoms with van der Waals surface area (Å²) >= 11 is 22.7. The average Bonchev–Trinajstić information content (AvgIpc) is 2.33. The molecular formula is C11H12Cl6N2O2Sn. The van der Waals surface area contributed by atoms with Crippen LogP contribution in [0.15, 0.2) is 18.3 Å². The number of benzene rings is 1. The van der Waals surface area contributed by atoms with Gasteiger partial charge in [0.05, 0.1) is 16.7 Å². The van der Waals surface area contributed by atoms with Gasteiger partial charge in [0.1, 0.15) is 0 Å². The quantitative estimate of drug-likeness (QED) is 0.410. The summed E-state index contributed by atoms with van der Waals surface area (Å²) in [6.45, 7) is 1.85. The van der Waals surface area contributed by atoms with Gasteiger partial charge < -0.3 is 11.0 Å². The van der Waals surface area contributed by atoms with Crippen LogP contribution in [0, 0.1) is 6.92 Å². The first-order chi connectivity index (χ1) is 9.28. The van der Waals surface area contributed by atoms with E-state index in [2.05, 4.69) is 9.97 Å². The molecule has 124 valence electrons. The molecule has 0 aliphatic heterocycles. The van der Waals surface area contributed by atoms with Crippen LogP contribution in [0.1, 0.15) is 11.3 Å². The molecule has 2 aromatic rings. The Labute approximate surface area is 165 Å². The van der Waals surface area contributed by atoms with Crippen LogP contribution in [-0.4, -0.2) is 43.6 Å². The standard InChI is InChI=1S/C11H8Cl4N2.2ClH.2H2O.Sn/c1-6-5-16-9-3-2-8(12)7(10(9)17-6)4-11(13,14)15;;;;;/h2-3,5H,4H2,1H3;2*1H;2*1H2;/q;;;;;+2/p-2. The van der Waals surface area contributed by atoms with Gasteiger partial charge in [-0.25, -0.2) is 4.98 Å². The summed E-state index contributed by atoms with van der Waals surface area (Å²) in [5.74, 6) is 0. The van der Waals surface area contributed by atoms with Crippen molar-refractivity contribution in [2.24, 2.45) is 0 Å². The fourth-order valence-electron chi connectivity index (χ4n) is 1.57. The molecule has 2 radical (unpaired) electrons. The molecular weight excluding hydrogens is 524 g/mol. The van der Waals surface area contributed by atoms with Crippen molar-refractivity contribution < 1.29 is 11.0 Å². The molecule has 0 aliphatic rings. The first-order valence-corrected chi connectivity index (χ1v) is 14.0. The molecule has 4 N–H and O–H groups in total. The second kappa shape index (κ2) is 11.6. The molecule has 1 aromatic heterocycles. The van der Waals surface area contributed by atoms with E-state index in [9.17, 15) is 0 Å². The van der Waals surface area contributed by atoms with Gasteiger partial charge in [-0.15, -0.1) is 0 Å². The molecule has 0 saturated carbocycles. The van der Waals surface area contributed by atoms with Crippen molar-refractivity contribution in [2.75, 3.05) is 0 Å². The number of halogens is 6. The first-order valence-electron chi connectivity index (χ1n) is 5.22. The van der Waals surface area contributed by atoms with Gasteiger partial charge in [0.15, 0.2) is 3.79 Å². The third kappa shape index (κ3) is 8.22. The summed E-state index contributed by atoms with van der Waals surface area (Å²) in [7, 11) is 9.87. The second-order valence-electron chi connectivity index (χ2n) is 3.77. The van der Waals surface area contributed by atoms with Crippen molar-refractivity contribution in [1.82, 2.24) is 9.97 Å². The molecule has 0 bridgehead atoms. The molecule has 0 atom stereocenters. The fourth-order valence-corrected chi connectivity index (χ4v) is 2.19. The Morgan fingerprint density at radius 2 is 1.68 bits per heavy atom. The Bertz CT molecular complexity index is 591. The molecule has 11 heteroatoms. The second-order valence-corrected chi connectivity index (χ2v) is 10.9. The van der Waals surface area contributed by atoms with Crippen LogP contribution >= 0.6 is 64.2 Å². The Hall–Kier alpha value is 1.02. The summed E-state index contributed by atoms with van der Waals surface area (Å²) in [4.78, 5) is 8.66. The Morgan fingerprint density at radius 3 is 2.18 bits per heavy atom. The van der Waals surface area contributed by atoms with Crippen molar-refractivity contribution >= 4 is 94.2 Å². The van der Waals surface area contributed by atoms with E-state index in [0.29, 0.717) is 16.1 Å². The predicted molar refractivity (Wildman–Crippen MR) is 98.0 cm³/mol. The third-order valence-electron chi connectivity index (χ3n) is 2.26. The number of hydrogen-bond donors (Lipinski definition) is 0. The zero-order valence-electron chi connectivity index (χ0n) is 11.1. The van der Waals surface area contributed by atoms with Crippen molar-refractivity contribution in [3.63, 3.8) is 0 Å². The summed E-state index contributed by atoms with van der Waals surface area (Å²) < 4.78 is -1.40. The molecule has 0 unspecified atom stereocenters. The summed E-state index contributed by atoms with van der Waals surface area (Å²) in [6.07, 6.45) is 1.89. The van der Waals surface area contributed by atoms with Crippen molar-refractivity contribution in [3.05, 3.63) is 34.6 Å². The van der Waals surface area contributed by atoms with Crippen LogP contribution in [0.3, 0.4) is 0 Å². The van der Waals surface area contributed by atoms with Gasteiger partial charge in [0, 0.05) is 23.2 Å². The van der Waals surface area contributed by atoms with Crippen molar-refractivity contribution in [2.45, 2.75) is 17.1 Å². The number of hydrogen-bond acceptors (Lipinski definition) is 2. The molecule has 1 aromatic carbocycles. The number of rotatable bonds is 1. The predicted octanol–water partition coefficient (Wildman–Crippen LogP) is 3.85. The minimum absolute atomic E-state index is 0. The van der Waals surface area contributed by atoms with Crippen LogP contribution in [0.25, 0.3) is 11.0 Å². The van der Waals surface area contributed by atoms with E-state index < -0.39 is 22.7 Å². The van der Waals surface area contributed by atoms with Crippen molar-refractivity contribution in [1.29, 1.82) is 0 Å². The molecule has 0 fully saturated rings. The van der Waals surface area contributed by atoms with Gasteiger partial charge in [-0.2, -0.15) is 0 Å². The van der Waals surface area contributed by atoms with Gasteiger partial charge in [-0.1, -0.05) is 46.4 Å². The van der Waals surface area contributed by atoms with E-state index in [4.69, 9.17) is 64.2 Å². The zero-order chi connectivity index (χ0) is 15.3. The van der Waals surface area contributed by atoms with Crippen LogP contribution in [0.2, 0.25) is 5.02 Å². The number of alkyl halides is 3.